The third kappa shape index (κ3) is 8.02. The summed E-state index contributed by atoms with van der Waals surface area (Å²) >= 11 is 0. The average Bonchev–Trinajstić information content (AvgIpc) is 3.19. The number of rotatable bonds is 12. The molecule has 244 valence electrons. The van der Waals surface area contributed by atoms with Gasteiger partial charge in [-0.15, -0.1) is 0 Å². The Morgan fingerprint density at radius 2 is 0.745 bits per heavy atom. The monoisotopic (exact) mass is 680 g/mol. The molecule has 6 aromatic rings. The number of ether oxygens (including phenoxy) is 2. The first-order valence-electron chi connectivity index (χ1n) is 15.8. The van der Waals surface area contributed by atoms with Gasteiger partial charge in [0.05, 0.1) is 35.5 Å². The van der Waals surface area contributed by atoms with E-state index in [0.717, 1.165) is 21.5 Å². The van der Waals surface area contributed by atoms with Gasteiger partial charge in [0.2, 0.25) is 0 Å². The van der Waals surface area contributed by atoms with E-state index >= 15 is 0 Å². The molecular weight excluding hydrogens is 653 g/mol. The van der Waals surface area contributed by atoms with Crippen molar-refractivity contribution in [3.63, 3.8) is 0 Å². The van der Waals surface area contributed by atoms with Crippen LogP contribution < -0.4 is 19.8 Å². The smallest absolute Gasteiger partial charge is 0.407 e. The maximum absolute atomic E-state index is 9.36. The molecule has 0 amide bonds. The molecule has 0 heterocycles. The number of hydrogen-bond donors (Lipinski definition) is 0. The highest BCUT2D eigenvalue weighted by molar-refractivity contribution is 6.92. The molecular formula is C42H28N4O4Si. The summed E-state index contributed by atoms with van der Waals surface area (Å²) in [6.45, 7) is 0.543. The van der Waals surface area contributed by atoms with Crippen LogP contribution in [0.2, 0.25) is 0 Å². The lowest BCUT2D eigenvalue weighted by Crippen LogP contribution is -2.63. The molecule has 0 aliphatic heterocycles. The van der Waals surface area contributed by atoms with Crippen LogP contribution in [0.25, 0.3) is 0 Å². The molecule has 0 N–H and O–H groups in total. The van der Waals surface area contributed by atoms with E-state index in [0.29, 0.717) is 34.1 Å². The van der Waals surface area contributed by atoms with Crippen molar-refractivity contribution in [2.24, 2.45) is 0 Å². The van der Waals surface area contributed by atoms with E-state index in [1.807, 2.05) is 133 Å². The molecule has 0 saturated heterocycles. The largest absolute Gasteiger partial charge is 0.457 e. The van der Waals surface area contributed by atoms with Crippen LogP contribution in [-0.2, 0) is 22.1 Å². The van der Waals surface area contributed by atoms with Crippen molar-refractivity contribution in [1.29, 1.82) is 21.0 Å². The van der Waals surface area contributed by atoms with Crippen LogP contribution in [0.1, 0.15) is 33.4 Å². The predicted molar refractivity (Wildman–Crippen MR) is 192 cm³/mol. The van der Waals surface area contributed by atoms with E-state index in [9.17, 15) is 21.0 Å². The Balaban J connectivity index is 1.21. The van der Waals surface area contributed by atoms with Crippen LogP contribution in [0.5, 0.6) is 23.0 Å². The zero-order chi connectivity index (χ0) is 35.5. The van der Waals surface area contributed by atoms with E-state index in [4.69, 9.17) is 18.3 Å². The van der Waals surface area contributed by atoms with Gasteiger partial charge in [0.1, 0.15) is 47.3 Å². The first-order chi connectivity index (χ1) is 25.0. The fourth-order valence-corrected chi connectivity index (χ4v) is 8.45. The molecule has 0 fully saturated rings. The number of nitriles is 4. The van der Waals surface area contributed by atoms with Gasteiger partial charge in [-0.3, -0.25) is 0 Å². The number of nitrogens with zero attached hydrogens (tertiary/aromatic N) is 4. The van der Waals surface area contributed by atoms with Gasteiger partial charge in [0.25, 0.3) is 0 Å². The third-order valence-corrected chi connectivity index (χ3v) is 11.3. The fraction of sp³-hybridized carbons (Fsp3) is 0.0476. The lowest BCUT2D eigenvalue weighted by Gasteiger charge is -2.32. The van der Waals surface area contributed by atoms with Crippen molar-refractivity contribution in [1.82, 2.24) is 0 Å². The van der Waals surface area contributed by atoms with E-state index in [2.05, 4.69) is 0 Å². The molecule has 6 aromatic carbocycles. The lowest BCUT2D eigenvalue weighted by molar-refractivity contribution is 0.176. The standard InChI is InChI=1S/C42H28N4O4Si/c43-25-33-15-21-39(23-35(33)27-45)49-37-17-11-31(12-18-37)29-47-51(41-7-3-1-4-8-41,42-9-5-2-6-10-42)48-30-32-13-19-38(20-14-32)50-40-22-16-34(26-44)36(24-40)28-46/h1-24H,29-30H2. The van der Waals surface area contributed by atoms with E-state index in [1.54, 1.807) is 36.4 Å². The molecule has 51 heavy (non-hydrogen) atoms. The van der Waals surface area contributed by atoms with Gasteiger partial charge in [-0.1, -0.05) is 84.9 Å². The van der Waals surface area contributed by atoms with Crippen LogP contribution in [-0.4, -0.2) is 8.56 Å². The van der Waals surface area contributed by atoms with Crippen molar-refractivity contribution in [2.45, 2.75) is 13.2 Å². The quantitative estimate of drug-likeness (QED) is 0.120. The van der Waals surface area contributed by atoms with E-state index in [-0.39, 0.29) is 24.3 Å². The molecule has 0 aromatic heterocycles. The SMILES string of the molecule is N#Cc1ccc(Oc2ccc(CO[Si](OCc3ccc(Oc4ccc(C#N)c(C#N)c4)cc3)(c3ccccc3)c3ccccc3)cc2)cc1C#N. The second-order valence-corrected chi connectivity index (χ2v) is 14.2. The maximum Gasteiger partial charge on any atom is 0.407 e. The summed E-state index contributed by atoms with van der Waals surface area (Å²) in [4.78, 5) is 0. The topological polar surface area (TPSA) is 132 Å². The Morgan fingerprint density at radius 1 is 0.392 bits per heavy atom. The van der Waals surface area contributed by atoms with Crippen LogP contribution in [0.3, 0.4) is 0 Å². The van der Waals surface area contributed by atoms with Crippen LogP contribution in [0.15, 0.2) is 146 Å². The van der Waals surface area contributed by atoms with Crippen molar-refractivity contribution < 1.29 is 18.3 Å². The van der Waals surface area contributed by atoms with Gasteiger partial charge in [0.15, 0.2) is 0 Å². The molecule has 8 nitrogen and oxygen atoms in total. The summed E-state index contributed by atoms with van der Waals surface area (Å²) in [5, 5.41) is 39.1. The van der Waals surface area contributed by atoms with Crippen molar-refractivity contribution in [3.8, 4) is 47.3 Å². The molecule has 0 saturated carbocycles. The molecule has 0 atom stereocenters. The Hall–Kier alpha value is -6.98. The Morgan fingerprint density at radius 3 is 1.10 bits per heavy atom. The second kappa shape index (κ2) is 15.9. The first kappa shape index (κ1) is 33.9. The van der Waals surface area contributed by atoms with Gasteiger partial charge in [-0.25, -0.2) is 0 Å². The highest BCUT2D eigenvalue weighted by Gasteiger charge is 2.43. The van der Waals surface area contributed by atoms with Crippen LogP contribution >= 0.6 is 0 Å². The molecule has 9 heteroatoms. The highest BCUT2D eigenvalue weighted by Crippen LogP contribution is 2.27. The van der Waals surface area contributed by atoms with Gasteiger partial charge in [-0.2, -0.15) is 21.0 Å². The zero-order valence-corrected chi connectivity index (χ0v) is 28.2. The summed E-state index contributed by atoms with van der Waals surface area (Å²) in [7, 11) is -3.28. The minimum absolute atomic E-state index is 0.255. The Kier molecular flexibility index (Phi) is 10.6. The Bertz CT molecular complexity index is 2140. The summed E-state index contributed by atoms with van der Waals surface area (Å²) in [5.41, 5.74) is 2.93. The van der Waals surface area contributed by atoms with Crippen LogP contribution in [0, 0.1) is 45.3 Å². The number of benzene rings is 6. The molecule has 0 spiro atoms. The molecule has 0 bridgehead atoms. The van der Waals surface area contributed by atoms with Gasteiger partial charge >= 0.3 is 8.56 Å². The first-order valence-corrected chi connectivity index (χ1v) is 17.7. The average molecular weight is 681 g/mol. The molecule has 0 radical (unpaired) electrons. The molecule has 0 aliphatic rings. The molecule has 0 aliphatic carbocycles. The normalized spacial score (nSPS) is 10.6. The summed E-state index contributed by atoms with van der Waals surface area (Å²) in [5.74, 6) is 2.08. The minimum atomic E-state index is -3.28. The summed E-state index contributed by atoms with van der Waals surface area (Å²) in [6.07, 6.45) is 0. The summed E-state index contributed by atoms with van der Waals surface area (Å²) < 4.78 is 25.7. The Labute approximate surface area is 297 Å². The van der Waals surface area contributed by atoms with Crippen molar-refractivity contribution in [3.05, 3.63) is 179 Å². The lowest BCUT2D eigenvalue weighted by atomic mass is 10.1. The maximum atomic E-state index is 9.36. The summed E-state index contributed by atoms with van der Waals surface area (Å²) in [6, 6.07) is 52.6. The molecule has 0 unspecified atom stereocenters. The molecule has 6 rings (SSSR count). The third-order valence-electron chi connectivity index (χ3n) is 7.97. The minimum Gasteiger partial charge on any atom is -0.457 e. The van der Waals surface area contributed by atoms with E-state index < -0.39 is 8.56 Å². The fourth-order valence-electron chi connectivity index (χ4n) is 5.36. The highest BCUT2D eigenvalue weighted by atomic mass is 28.4. The van der Waals surface area contributed by atoms with Gasteiger partial charge in [0, 0.05) is 0 Å². The van der Waals surface area contributed by atoms with Gasteiger partial charge in [-0.05, 0) is 82.2 Å². The second-order valence-electron chi connectivity index (χ2n) is 11.3. The van der Waals surface area contributed by atoms with Crippen molar-refractivity contribution in [2.75, 3.05) is 0 Å². The van der Waals surface area contributed by atoms with Crippen molar-refractivity contribution >= 4 is 18.9 Å². The van der Waals surface area contributed by atoms with Gasteiger partial charge < -0.3 is 18.3 Å². The predicted octanol–water partition coefficient (Wildman–Crippen LogP) is 7.75. The zero-order valence-electron chi connectivity index (χ0n) is 27.2. The van der Waals surface area contributed by atoms with Crippen LogP contribution in [0.4, 0.5) is 0 Å². The van der Waals surface area contributed by atoms with E-state index in [1.165, 1.54) is 0 Å². The number of hydrogen-bond acceptors (Lipinski definition) is 8.